The van der Waals surface area contributed by atoms with Gasteiger partial charge in [-0.25, -0.2) is 15.0 Å². The number of hydrogen-bond donors (Lipinski definition) is 0. The molecule has 0 saturated heterocycles. The summed E-state index contributed by atoms with van der Waals surface area (Å²) < 4.78 is 0. The maximum Gasteiger partial charge on any atom is 0.277 e. The van der Waals surface area contributed by atoms with Crippen molar-refractivity contribution < 1.29 is 9.63 Å². The zero-order valence-electron chi connectivity index (χ0n) is 13.0. The second kappa shape index (κ2) is 6.73. The van der Waals surface area contributed by atoms with Crippen LogP contribution in [0.15, 0.2) is 42.5 Å². The topological polar surface area (TPSA) is 55.3 Å². The van der Waals surface area contributed by atoms with Gasteiger partial charge in [0.05, 0.1) is 18.3 Å². The summed E-state index contributed by atoms with van der Waals surface area (Å²) in [5.74, 6) is -0.272. The Balaban J connectivity index is 2.22. The number of benzene rings is 2. The van der Waals surface area contributed by atoms with E-state index in [1.807, 2.05) is 12.1 Å². The second-order valence-electron chi connectivity index (χ2n) is 5.07. The van der Waals surface area contributed by atoms with Crippen molar-refractivity contribution >= 4 is 40.0 Å². The molecule has 0 saturated carbocycles. The molecular formula is C17H13Cl2N3O2. The number of carbonyl (C=O) groups excluding carboxylic acids is 1. The van der Waals surface area contributed by atoms with Gasteiger partial charge in [0, 0.05) is 28.6 Å². The lowest BCUT2D eigenvalue weighted by atomic mass is 10.0. The first-order valence-electron chi connectivity index (χ1n) is 7.05. The third kappa shape index (κ3) is 3.19. The van der Waals surface area contributed by atoms with Crippen LogP contribution in [0.5, 0.6) is 0 Å². The van der Waals surface area contributed by atoms with E-state index in [0.717, 1.165) is 10.6 Å². The number of aromatic nitrogens is 2. The number of halogens is 2. The van der Waals surface area contributed by atoms with E-state index in [9.17, 15) is 4.79 Å². The minimum Gasteiger partial charge on any atom is -0.274 e. The van der Waals surface area contributed by atoms with Gasteiger partial charge in [0.2, 0.25) is 5.28 Å². The van der Waals surface area contributed by atoms with Crippen LogP contribution in [0.1, 0.15) is 10.4 Å². The van der Waals surface area contributed by atoms with Gasteiger partial charge in [0.15, 0.2) is 0 Å². The predicted molar refractivity (Wildman–Crippen MR) is 94.1 cm³/mol. The van der Waals surface area contributed by atoms with Crippen molar-refractivity contribution in [2.75, 3.05) is 14.2 Å². The highest BCUT2D eigenvalue weighted by atomic mass is 35.5. The lowest BCUT2D eigenvalue weighted by Crippen LogP contribution is -2.25. The molecular weight excluding hydrogens is 349 g/mol. The third-order valence-electron chi connectivity index (χ3n) is 3.57. The normalized spacial score (nSPS) is 10.8. The van der Waals surface area contributed by atoms with Crippen LogP contribution >= 0.6 is 23.2 Å². The fourth-order valence-electron chi connectivity index (χ4n) is 2.35. The molecule has 0 fully saturated rings. The van der Waals surface area contributed by atoms with Crippen molar-refractivity contribution in [2.24, 2.45) is 0 Å². The summed E-state index contributed by atoms with van der Waals surface area (Å²) in [7, 11) is 2.97. The van der Waals surface area contributed by atoms with E-state index in [4.69, 9.17) is 28.0 Å². The molecule has 0 bridgehead atoms. The van der Waals surface area contributed by atoms with Crippen LogP contribution in [0.3, 0.4) is 0 Å². The largest absolute Gasteiger partial charge is 0.277 e. The van der Waals surface area contributed by atoms with E-state index in [0.29, 0.717) is 27.2 Å². The van der Waals surface area contributed by atoms with E-state index in [2.05, 4.69) is 9.97 Å². The number of fused-ring (bicyclic) bond motifs is 1. The molecule has 1 amide bonds. The molecule has 0 aliphatic carbocycles. The van der Waals surface area contributed by atoms with Gasteiger partial charge in [-0.3, -0.25) is 9.63 Å². The first-order valence-corrected chi connectivity index (χ1v) is 7.80. The molecule has 0 spiro atoms. The van der Waals surface area contributed by atoms with Gasteiger partial charge in [-0.2, -0.15) is 0 Å². The Morgan fingerprint density at radius 3 is 2.62 bits per heavy atom. The molecule has 7 heteroatoms. The van der Waals surface area contributed by atoms with Crippen LogP contribution in [0.4, 0.5) is 0 Å². The molecule has 0 aliphatic rings. The molecule has 122 valence electrons. The van der Waals surface area contributed by atoms with E-state index in [1.54, 1.807) is 37.4 Å². The van der Waals surface area contributed by atoms with E-state index in [-0.39, 0.29) is 11.2 Å². The van der Waals surface area contributed by atoms with Gasteiger partial charge >= 0.3 is 0 Å². The van der Waals surface area contributed by atoms with Crippen molar-refractivity contribution in [1.29, 1.82) is 0 Å². The summed E-state index contributed by atoms with van der Waals surface area (Å²) in [6.07, 6.45) is 0. The number of amides is 1. The molecule has 0 atom stereocenters. The minimum atomic E-state index is -0.272. The Morgan fingerprint density at radius 2 is 1.92 bits per heavy atom. The van der Waals surface area contributed by atoms with Gasteiger partial charge in [-0.15, -0.1) is 0 Å². The zero-order chi connectivity index (χ0) is 17.3. The van der Waals surface area contributed by atoms with E-state index in [1.165, 1.54) is 7.11 Å². The van der Waals surface area contributed by atoms with Crippen LogP contribution in [-0.4, -0.2) is 35.1 Å². The molecule has 1 heterocycles. The van der Waals surface area contributed by atoms with Gasteiger partial charge in [-0.1, -0.05) is 23.7 Å². The van der Waals surface area contributed by atoms with E-state index >= 15 is 0 Å². The summed E-state index contributed by atoms with van der Waals surface area (Å²) >= 11 is 12.1. The molecule has 0 radical (unpaired) electrons. The SMILES string of the molecule is CON(C)C(=O)c1ccc2nc(Cl)nc(-c3cccc(Cl)c3)c2c1. The van der Waals surface area contributed by atoms with Crippen molar-refractivity contribution in [2.45, 2.75) is 0 Å². The molecule has 24 heavy (non-hydrogen) atoms. The zero-order valence-corrected chi connectivity index (χ0v) is 14.5. The van der Waals surface area contributed by atoms with Gasteiger partial charge in [-0.05, 0) is 41.9 Å². The molecule has 5 nitrogen and oxygen atoms in total. The molecule has 0 N–H and O–H groups in total. The maximum absolute atomic E-state index is 12.3. The molecule has 3 aromatic rings. The monoisotopic (exact) mass is 361 g/mol. The molecule has 2 aromatic carbocycles. The molecule has 3 rings (SSSR count). The summed E-state index contributed by atoms with van der Waals surface area (Å²) in [6, 6.07) is 12.4. The van der Waals surface area contributed by atoms with Crippen LogP contribution in [0.25, 0.3) is 22.2 Å². The number of hydroxylamine groups is 2. The smallest absolute Gasteiger partial charge is 0.274 e. The first kappa shape index (κ1) is 16.6. The van der Waals surface area contributed by atoms with Crippen LogP contribution in [0.2, 0.25) is 10.3 Å². The average Bonchev–Trinajstić information content (AvgIpc) is 2.59. The van der Waals surface area contributed by atoms with Gasteiger partial charge in [0.25, 0.3) is 5.91 Å². The standard InChI is InChI=1S/C17H13Cl2N3O2/c1-22(24-2)16(23)11-6-7-14-13(9-11)15(21-17(19)20-14)10-4-3-5-12(18)8-10/h3-9H,1-2H3. The lowest BCUT2D eigenvalue weighted by molar-refractivity contribution is -0.0756. The van der Waals surface area contributed by atoms with Crippen LogP contribution in [0, 0.1) is 0 Å². The quantitative estimate of drug-likeness (QED) is 0.517. The summed E-state index contributed by atoms with van der Waals surface area (Å²) in [5, 5.41) is 2.57. The fourth-order valence-corrected chi connectivity index (χ4v) is 2.72. The van der Waals surface area contributed by atoms with Gasteiger partial charge in [0.1, 0.15) is 0 Å². The average molecular weight is 362 g/mol. The maximum atomic E-state index is 12.3. The second-order valence-corrected chi connectivity index (χ2v) is 5.84. The predicted octanol–water partition coefficient (Wildman–Crippen LogP) is 4.24. The third-order valence-corrected chi connectivity index (χ3v) is 3.98. The Labute approximate surface area is 148 Å². The molecule has 1 aromatic heterocycles. The Kier molecular flexibility index (Phi) is 4.66. The Bertz CT molecular complexity index is 931. The van der Waals surface area contributed by atoms with Crippen LogP contribution in [-0.2, 0) is 4.84 Å². The number of hydrogen-bond acceptors (Lipinski definition) is 4. The van der Waals surface area contributed by atoms with E-state index < -0.39 is 0 Å². The van der Waals surface area contributed by atoms with Crippen molar-refractivity contribution in [3.05, 3.63) is 58.3 Å². The molecule has 0 aliphatic heterocycles. The van der Waals surface area contributed by atoms with Crippen molar-refractivity contribution in [1.82, 2.24) is 15.0 Å². The summed E-state index contributed by atoms with van der Waals surface area (Å²) in [5.41, 5.74) is 2.51. The number of nitrogens with zero attached hydrogens (tertiary/aromatic N) is 3. The fraction of sp³-hybridized carbons (Fsp3) is 0.118. The Morgan fingerprint density at radius 1 is 1.12 bits per heavy atom. The van der Waals surface area contributed by atoms with Crippen molar-refractivity contribution in [3.63, 3.8) is 0 Å². The lowest BCUT2D eigenvalue weighted by Gasteiger charge is -2.14. The number of carbonyl (C=O) groups is 1. The summed E-state index contributed by atoms with van der Waals surface area (Å²) in [6.45, 7) is 0. The van der Waals surface area contributed by atoms with Crippen molar-refractivity contribution in [3.8, 4) is 11.3 Å². The highest BCUT2D eigenvalue weighted by Crippen LogP contribution is 2.29. The van der Waals surface area contributed by atoms with Gasteiger partial charge < -0.3 is 0 Å². The molecule has 0 unspecified atom stereocenters. The highest BCUT2D eigenvalue weighted by molar-refractivity contribution is 6.31. The summed E-state index contributed by atoms with van der Waals surface area (Å²) in [4.78, 5) is 25.8. The van der Waals surface area contributed by atoms with Crippen LogP contribution < -0.4 is 0 Å². The Hall–Kier alpha value is -2.21. The highest BCUT2D eigenvalue weighted by Gasteiger charge is 2.15. The number of rotatable bonds is 3. The minimum absolute atomic E-state index is 0.130. The first-order chi connectivity index (χ1) is 11.5.